The predicted molar refractivity (Wildman–Crippen MR) is 96.6 cm³/mol. The summed E-state index contributed by atoms with van der Waals surface area (Å²) in [6, 6.07) is 7.38. The van der Waals surface area contributed by atoms with Crippen LogP contribution in [0, 0.1) is 5.92 Å². The van der Waals surface area contributed by atoms with Crippen molar-refractivity contribution >= 4 is 21.7 Å². The number of nitrogens with zero attached hydrogens (tertiary/aromatic N) is 1. The van der Waals surface area contributed by atoms with Crippen LogP contribution >= 0.6 is 0 Å². The Morgan fingerprint density at radius 3 is 2.65 bits per heavy atom. The van der Waals surface area contributed by atoms with Crippen molar-refractivity contribution in [3.8, 4) is 5.75 Å². The third-order valence-electron chi connectivity index (χ3n) is 5.05. The summed E-state index contributed by atoms with van der Waals surface area (Å²) in [6.07, 6.45) is 1.33. The lowest BCUT2D eigenvalue weighted by Crippen LogP contribution is -2.39. The highest BCUT2D eigenvalue weighted by Gasteiger charge is 2.41. The second-order valence-corrected chi connectivity index (χ2v) is 9.12. The van der Waals surface area contributed by atoms with Gasteiger partial charge in [0.05, 0.1) is 24.5 Å². The van der Waals surface area contributed by atoms with Crippen LogP contribution in [0.25, 0.3) is 0 Å². The molecule has 26 heavy (non-hydrogen) atoms. The average Bonchev–Trinajstić information content (AvgIpc) is 3.17. The van der Waals surface area contributed by atoms with Gasteiger partial charge >= 0.3 is 0 Å². The van der Waals surface area contributed by atoms with Crippen LogP contribution in [0.4, 0.5) is 0 Å². The van der Waals surface area contributed by atoms with Gasteiger partial charge in [0.25, 0.3) is 0 Å². The lowest BCUT2D eigenvalue weighted by molar-refractivity contribution is -0.130. The fraction of sp³-hybridized carbons (Fsp3) is 0.556. The van der Waals surface area contributed by atoms with Crippen molar-refractivity contribution in [1.29, 1.82) is 0 Å². The molecular formula is C18H24N2O5S. The van der Waals surface area contributed by atoms with E-state index in [2.05, 4.69) is 5.32 Å². The Bertz CT molecular complexity index is 775. The fourth-order valence-electron chi connectivity index (χ4n) is 3.55. The predicted octanol–water partition coefficient (Wildman–Crippen LogP) is 0.390. The number of rotatable bonds is 6. The van der Waals surface area contributed by atoms with Gasteiger partial charge in [0.1, 0.15) is 5.75 Å². The van der Waals surface area contributed by atoms with Gasteiger partial charge in [-0.05, 0) is 30.5 Å². The normalized spacial score (nSPS) is 24.7. The second-order valence-electron chi connectivity index (χ2n) is 6.89. The van der Waals surface area contributed by atoms with Crippen LogP contribution in [0.15, 0.2) is 24.3 Å². The number of methoxy groups -OCH3 is 1. The summed E-state index contributed by atoms with van der Waals surface area (Å²) >= 11 is 0. The van der Waals surface area contributed by atoms with Gasteiger partial charge in [-0.1, -0.05) is 12.1 Å². The molecule has 1 aromatic rings. The third-order valence-corrected chi connectivity index (χ3v) is 6.80. The first-order chi connectivity index (χ1) is 12.4. The van der Waals surface area contributed by atoms with Gasteiger partial charge in [0.15, 0.2) is 9.84 Å². The second kappa shape index (κ2) is 7.65. The molecule has 0 aromatic heterocycles. The minimum Gasteiger partial charge on any atom is -0.497 e. The number of sulfone groups is 1. The van der Waals surface area contributed by atoms with E-state index >= 15 is 0 Å². The Kier molecular flexibility index (Phi) is 5.50. The fourth-order valence-corrected chi connectivity index (χ4v) is 5.28. The van der Waals surface area contributed by atoms with E-state index in [-0.39, 0.29) is 35.8 Å². The van der Waals surface area contributed by atoms with Gasteiger partial charge in [-0.3, -0.25) is 9.59 Å². The van der Waals surface area contributed by atoms with Crippen molar-refractivity contribution in [2.75, 3.05) is 31.7 Å². The van der Waals surface area contributed by atoms with Crippen molar-refractivity contribution in [1.82, 2.24) is 10.2 Å². The zero-order valence-corrected chi connectivity index (χ0v) is 15.6. The number of carbonyl (C=O) groups is 2. The Hall–Kier alpha value is -2.09. The van der Waals surface area contributed by atoms with E-state index in [4.69, 9.17) is 4.74 Å². The zero-order valence-electron chi connectivity index (χ0n) is 14.8. The summed E-state index contributed by atoms with van der Waals surface area (Å²) in [6.45, 7) is 0.807. The first-order valence-corrected chi connectivity index (χ1v) is 10.6. The van der Waals surface area contributed by atoms with Crippen molar-refractivity contribution < 1.29 is 22.7 Å². The molecule has 7 nitrogen and oxygen atoms in total. The lowest BCUT2D eigenvalue weighted by atomic mass is 10.1. The molecule has 142 valence electrons. The quantitative estimate of drug-likeness (QED) is 0.771. The molecule has 2 heterocycles. The number of likely N-dealkylation sites (tertiary alicyclic amines) is 1. The van der Waals surface area contributed by atoms with Crippen molar-refractivity contribution in [3.63, 3.8) is 0 Å². The topological polar surface area (TPSA) is 92.8 Å². The highest BCUT2D eigenvalue weighted by Crippen LogP contribution is 2.26. The van der Waals surface area contributed by atoms with Gasteiger partial charge in [0, 0.05) is 25.6 Å². The number of hydrogen-bond acceptors (Lipinski definition) is 5. The maximum absolute atomic E-state index is 12.3. The molecule has 2 aliphatic heterocycles. The number of ether oxygens (including phenoxy) is 1. The molecule has 2 fully saturated rings. The van der Waals surface area contributed by atoms with Crippen LogP contribution in [0.5, 0.6) is 5.75 Å². The van der Waals surface area contributed by atoms with E-state index < -0.39 is 15.8 Å². The summed E-state index contributed by atoms with van der Waals surface area (Å²) in [5.74, 6) is 0.264. The third kappa shape index (κ3) is 4.35. The molecule has 2 saturated heterocycles. The summed E-state index contributed by atoms with van der Waals surface area (Å²) in [5.41, 5.74) is 1.09. The average molecular weight is 380 g/mol. The molecule has 2 amide bonds. The Labute approximate surface area is 153 Å². The number of benzene rings is 1. The molecule has 1 N–H and O–H groups in total. The molecule has 8 heteroatoms. The summed E-state index contributed by atoms with van der Waals surface area (Å²) in [7, 11) is -1.43. The highest BCUT2D eigenvalue weighted by molar-refractivity contribution is 7.91. The molecule has 1 aromatic carbocycles. The largest absolute Gasteiger partial charge is 0.497 e. The molecule has 0 aliphatic carbocycles. The molecule has 0 bridgehead atoms. The maximum Gasteiger partial charge on any atom is 0.225 e. The molecule has 2 atom stereocenters. The summed E-state index contributed by atoms with van der Waals surface area (Å²) in [5, 5.41) is 2.88. The monoisotopic (exact) mass is 380 g/mol. The Morgan fingerprint density at radius 2 is 2.04 bits per heavy atom. The SMILES string of the molecule is COc1ccc(CCNC(=O)C2CC(=O)N(C3CCS(=O)(=O)C3)C2)cc1. The van der Waals surface area contributed by atoms with Crippen LogP contribution in [0.3, 0.4) is 0 Å². The molecule has 0 spiro atoms. The van der Waals surface area contributed by atoms with Crippen molar-refractivity contribution in [2.45, 2.75) is 25.3 Å². The zero-order chi connectivity index (χ0) is 18.7. The number of carbonyl (C=O) groups excluding carboxylic acids is 2. The number of hydrogen-bond donors (Lipinski definition) is 1. The van der Waals surface area contributed by atoms with Crippen LogP contribution in [-0.2, 0) is 25.8 Å². The summed E-state index contributed by atoms with van der Waals surface area (Å²) in [4.78, 5) is 26.1. The first-order valence-electron chi connectivity index (χ1n) is 8.78. The molecular weight excluding hydrogens is 356 g/mol. The van der Waals surface area contributed by atoms with Crippen molar-refractivity contribution in [3.05, 3.63) is 29.8 Å². The molecule has 2 aliphatic rings. The molecule has 0 saturated carbocycles. The standard InChI is InChI=1S/C18H24N2O5S/c1-25-16-4-2-13(3-5-16)6-8-19-18(22)14-10-17(21)20(11-14)15-7-9-26(23,24)12-15/h2-5,14-15H,6-12H2,1H3,(H,19,22). The van der Waals surface area contributed by atoms with Gasteiger partial charge in [-0.15, -0.1) is 0 Å². The Balaban J connectivity index is 1.47. The van der Waals surface area contributed by atoms with Crippen LogP contribution in [0.2, 0.25) is 0 Å². The Morgan fingerprint density at radius 1 is 1.31 bits per heavy atom. The van der Waals surface area contributed by atoms with Crippen LogP contribution in [0.1, 0.15) is 18.4 Å². The van der Waals surface area contributed by atoms with Gasteiger partial charge in [-0.2, -0.15) is 0 Å². The van der Waals surface area contributed by atoms with E-state index in [1.54, 1.807) is 12.0 Å². The highest BCUT2D eigenvalue weighted by atomic mass is 32.2. The van der Waals surface area contributed by atoms with E-state index in [0.29, 0.717) is 25.9 Å². The van der Waals surface area contributed by atoms with Gasteiger partial charge in [0.2, 0.25) is 11.8 Å². The smallest absolute Gasteiger partial charge is 0.225 e. The van der Waals surface area contributed by atoms with E-state index in [9.17, 15) is 18.0 Å². The number of nitrogens with one attached hydrogen (secondary N) is 1. The van der Waals surface area contributed by atoms with Crippen molar-refractivity contribution in [2.24, 2.45) is 5.92 Å². The van der Waals surface area contributed by atoms with Gasteiger partial charge < -0.3 is 15.0 Å². The maximum atomic E-state index is 12.3. The van der Waals surface area contributed by atoms with Crippen LogP contribution in [-0.4, -0.2) is 62.9 Å². The number of amides is 2. The first kappa shape index (κ1) is 18.7. The molecule has 0 radical (unpaired) electrons. The van der Waals surface area contributed by atoms with E-state index in [1.807, 2.05) is 24.3 Å². The van der Waals surface area contributed by atoms with Gasteiger partial charge in [-0.25, -0.2) is 8.42 Å². The van der Waals surface area contributed by atoms with Crippen LogP contribution < -0.4 is 10.1 Å². The van der Waals surface area contributed by atoms with E-state index in [1.165, 1.54) is 0 Å². The minimum absolute atomic E-state index is 0.0184. The minimum atomic E-state index is -3.05. The molecule has 2 unspecified atom stereocenters. The molecule has 3 rings (SSSR count). The summed E-state index contributed by atoms with van der Waals surface area (Å²) < 4.78 is 28.3. The lowest BCUT2D eigenvalue weighted by Gasteiger charge is -2.22. The van der Waals surface area contributed by atoms with E-state index in [0.717, 1.165) is 11.3 Å².